The van der Waals surface area contributed by atoms with Crippen molar-refractivity contribution in [2.24, 2.45) is 17.8 Å². The van der Waals surface area contributed by atoms with Gasteiger partial charge in [-0.2, -0.15) is 0 Å². The molecule has 0 radical (unpaired) electrons. The van der Waals surface area contributed by atoms with Gasteiger partial charge in [-0.05, 0) is 18.3 Å². The topological polar surface area (TPSA) is 55.9 Å². The number of methoxy groups -OCH3 is 1. The Morgan fingerprint density at radius 1 is 1.53 bits per heavy atom. The highest BCUT2D eigenvalue weighted by molar-refractivity contribution is 6.03. The Balaban J connectivity index is 2.20. The van der Waals surface area contributed by atoms with Crippen LogP contribution in [-0.4, -0.2) is 31.1 Å². The summed E-state index contributed by atoms with van der Waals surface area (Å²) in [5.74, 6) is -0.750. The Hall–Kier alpha value is -0.900. The number of hydrogen-bond acceptors (Lipinski definition) is 4. The van der Waals surface area contributed by atoms with Gasteiger partial charge in [-0.25, -0.2) is 0 Å². The number of ketones is 1. The van der Waals surface area contributed by atoms with E-state index in [1.165, 1.54) is 7.11 Å². The zero-order valence-electron chi connectivity index (χ0n) is 9.23. The molecule has 1 aliphatic heterocycles. The summed E-state index contributed by atoms with van der Waals surface area (Å²) in [6.07, 6.45) is 0.531. The molecule has 1 heterocycles. The number of Topliss-reactive ketones (excluding diaryl/α,β-unsaturated/α-hetero) is 1. The van der Waals surface area contributed by atoms with E-state index >= 15 is 0 Å². The fraction of sp³-hybridized carbons (Fsp3) is 0.818. The van der Waals surface area contributed by atoms with E-state index in [0.29, 0.717) is 5.92 Å². The van der Waals surface area contributed by atoms with E-state index in [2.05, 4.69) is 0 Å². The number of carbonyl (C=O) groups excluding carboxylic acids is 2. The first-order chi connectivity index (χ1) is 7.06. The Labute approximate surface area is 88.9 Å². The van der Waals surface area contributed by atoms with Crippen LogP contribution in [0.15, 0.2) is 0 Å². The van der Waals surface area contributed by atoms with Gasteiger partial charge in [0.15, 0.2) is 5.78 Å². The molecule has 4 heteroatoms. The van der Waals surface area contributed by atoms with Crippen LogP contribution in [0.5, 0.6) is 0 Å². The van der Waals surface area contributed by atoms with E-state index in [9.17, 15) is 9.59 Å². The largest absolute Gasteiger partial charge is 0.468 e. The molecule has 0 bridgehead atoms. The van der Waals surface area contributed by atoms with Crippen LogP contribution >= 0.6 is 0 Å². The first-order valence-corrected chi connectivity index (χ1v) is 5.33. The Morgan fingerprint density at radius 2 is 2.20 bits per heavy atom. The number of fused-ring (bicyclic) bond motifs is 1. The molecule has 4 atom stereocenters. The van der Waals surface area contributed by atoms with Crippen molar-refractivity contribution >= 4 is 11.8 Å². The molecule has 1 saturated carbocycles. The van der Waals surface area contributed by atoms with Crippen molar-refractivity contribution in [1.82, 2.24) is 0 Å². The van der Waals surface area contributed by atoms with E-state index in [4.69, 9.17) is 9.47 Å². The van der Waals surface area contributed by atoms with Crippen LogP contribution in [0.1, 0.15) is 20.3 Å². The van der Waals surface area contributed by atoms with E-state index in [1.54, 1.807) is 0 Å². The molecule has 1 unspecified atom stereocenters. The number of hydrogen-bond donors (Lipinski definition) is 0. The van der Waals surface area contributed by atoms with Crippen molar-refractivity contribution in [2.45, 2.75) is 32.5 Å². The third-order valence-corrected chi connectivity index (χ3v) is 3.41. The summed E-state index contributed by atoms with van der Waals surface area (Å²) < 4.78 is 9.93. The van der Waals surface area contributed by atoms with Gasteiger partial charge < -0.3 is 9.47 Å². The predicted octanol–water partition coefficient (Wildman–Crippen LogP) is 0.788. The first kappa shape index (κ1) is 10.6. The zero-order valence-corrected chi connectivity index (χ0v) is 9.23. The van der Waals surface area contributed by atoms with E-state index < -0.39 is 11.9 Å². The maximum Gasteiger partial charge on any atom is 0.316 e. The average Bonchev–Trinajstić information content (AvgIpc) is 2.95. The van der Waals surface area contributed by atoms with Crippen LogP contribution in [0, 0.1) is 17.8 Å². The Morgan fingerprint density at radius 3 is 2.73 bits per heavy atom. The molecule has 0 N–H and O–H groups in total. The summed E-state index contributed by atoms with van der Waals surface area (Å²) in [4.78, 5) is 23.4. The van der Waals surface area contributed by atoms with E-state index in [-0.39, 0.29) is 23.9 Å². The minimum Gasteiger partial charge on any atom is -0.468 e. The standard InChI is InChI=1S/C11H16O4/c1-5(2)6-4-7-10(15-7)9(12)8(6)11(13)14-3/h5-8,10H,4H2,1-3H3/t6-,7+,8?,10+/m0/s1. The third-order valence-electron chi connectivity index (χ3n) is 3.41. The van der Waals surface area contributed by atoms with Crippen molar-refractivity contribution in [1.29, 1.82) is 0 Å². The number of epoxide rings is 1. The van der Waals surface area contributed by atoms with Crippen molar-refractivity contribution < 1.29 is 19.1 Å². The number of rotatable bonds is 2. The summed E-state index contributed by atoms with van der Waals surface area (Å²) >= 11 is 0. The molecule has 1 saturated heterocycles. The maximum absolute atomic E-state index is 11.9. The van der Waals surface area contributed by atoms with Crippen LogP contribution in [-0.2, 0) is 19.1 Å². The predicted molar refractivity (Wildman–Crippen MR) is 52.1 cm³/mol. The van der Waals surface area contributed by atoms with Gasteiger partial charge in [-0.15, -0.1) is 0 Å². The first-order valence-electron chi connectivity index (χ1n) is 5.33. The fourth-order valence-electron chi connectivity index (χ4n) is 2.44. The molecule has 2 fully saturated rings. The lowest BCUT2D eigenvalue weighted by atomic mass is 9.73. The van der Waals surface area contributed by atoms with Gasteiger partial charge in [-0.1, -0.05) is 13.8 Å². The number of esters is 1. The van der Waals surface area contributed by atoms with Crippen LogP contribution < -0.4 is 0 Å². The normalized spacial score (nSPS) is 38.8. The summed E-state index contributed by atoms with van der Waals surface area (Å²) in [5.41, 5.74) is 0. The second-order valence-electron chi connectivity index (χ2n) is 4.64. The van der Waals surface area contributed by atoms with Crippen molar-refractivity contribution in [3.8, 4) is 0 Å². The third kappa shape index (κ3) is 1.67. The van der Waals surface area contributed by atoms with Gasteiger partial charge in [0.2, 0.25) is 0 Å². The van der Waals surface area contributed by atoms with Crippen LogP contribution in [0.3, 0.4) is 0 Å². The molecule has 15 heavy (non-hydrogen) atoms. The molecule has 0 aromatic heterocycles. The highest BCUT2D eigenvalue weighted by atomic mass is 16.6. The molecule has 84 valence electrons. The zero-order chi connectivity index (χ0) is 11.2. The lowest BCUT2D eigenvalue weighted by Gasteiger charge is -2.29. The van der Waals surface area contributed by atoms with E-state index in [1.807, 2.05) is 13.8 Å². The fourth-order valence-corrected chi connectivity index (χ4v) is 2.44. The quantitative estimate of drug-likeness (QED) is 0.386. The van der Waals surface area contributed by atoms with Gasteiger partial charge in [0.05, 0.1) is 13.2 Å². The summed E-state index contributed by atoms with van der Waals surface area (Å²) in [5, 5.41) is 0. The minimum atomic E-state index is -0.612. The average molecular weight is 212 g/mol. The van der Waals surface area contributed by atoms with Crippen LogP contribution in [0.2, 0.25) is 0 Å². The highest BCUT2D eigenvalue weighted by Crippen LogP contribution is 2.43. The van der Waals surface area contributed by atoms with Gasteiger partial charge >= 0.3 is 5.97 Å². The monoisotopic (exact) mass is 212 g/mol. The number of ether oxygens (including phenoxy) is 2. The Kier molecular flexibility index (Phi) is 2.54. The molecule has 0 aromatic carbocycles. The molecule has 4 nitrogen and oxygen atoms in total. The molecule has 2 aliphatic rings. The van der Waals surface area contributed by atoms with Gasteiger partial charge in [-0.3, -0.25) is 9.59 Å². The molecule has 0 aromatic rings. The lowest BCUT2D eigenvalue weighted by molar-refractivity contribution is -0.153. The molecule has 0 amide bonds. The molecular weight excluding hydrogens is 196 g/mol. The van der Waals surface area contributed by atoms with Gasteiger partial charge in [0.1, 0.15) is 12.0 Å². The summed E-state index contributed by atoms with van der Waals surface area (Å²) in [6, 6.07) is 0. The minimum absolute atomic E-state index is 0.0609. The van der Waals surface area contributed by atoms with Crippen molar-refractivity contribution in [3.63, 3.8) is 0 Å². The Bertz CT molecular complexity index is 297. The molecule has 0 spiro atoms. The second kappa shape index (κ2) is 3.59. The van der Waals surface area contributed by atoms with Crippen LogP contribution in [0.25, 0.3) is 0 Å². The van der Waals surface area contributed by atoms with Crippen LogP contribution in [0.4, 0.5) is 0 Å². The summed E-state index contributed by atoms with van der Waals surface area (Å²) in [7, 11) is 1.33. The van der Waals surface area contributed by atoms with Gasteiger partial charge in [0.25, 0.3) is 0 Å². The number of carbonyl (C=O) groups is 2. The summed E-state index contributed by atoms with van der Waals surface area (Å²) in [6.45, 7) is 4.05. The smallest absolute Gasteiger partial charge is 0.316 e. The van der Waals surface area contributed by atoms with Crippen molar-refractivity contribution in [3.05, 3.63) is 0 Å². The SMILES string of the molecule is COC(=O)C1C(=O)[C@@H]2O[C@@H]2C[C@H]1C(C)C. The van der Waals surface area contributed by atoms with E-state index in [0.717, 1.165) is 6.42 Å². The molecule has 1 aliphatic carbocycles. The molecule has 2 rings (SSSR count). The van der Waals surface area contributed by atoms with Crippen molar-refractivity contribution in [2.75, 3.05) is 7.11 Å². The highest BCUT2D eigenvalue weighted by Gasteiger charge is 2.57. The van der Waals surface area contributed by atoms with Gasteiger partial charge in [0, 0.05) is 0 Å². The maximum atomic E-state index is 11.9. The lowest BCUT2D eigenvalue weighted by Crippen LogP contribution is -2.42. The molecular formula is C11H16O4. The second-order valence-corrected chi connectivity index (χ2v) is 4.64.